The first-order valence-corrected chi connectivity index (χ1v) is 56.8. The molecule has 8 aromatic carbocycles. The number of aliphatic hydroxyl groups excluding tert-OH is 4. The normalized spacial score (nSPS) is 23.9. The number of anilines is 8. The second-order valence-electron chi connectivity index (χ2n) is 38.5. The van der Waals surface area contributed by atoms with Gasteiger partial charge in [-0.15, -0.1) is 0 Å². The number of unbranched alkanes of at least 4 members (excludes halogenated alkanes) is 6. The van der Waals surface area contributed by atoms with Gasteiger partial charge in [0, 0.05) is 171 Å². The molecule has 4 aliphatic heterocycles. The van der Waals surface area contributed by atoms with E-state index in [-0.39, 0.29) is 44.6 Å². The van der Waals surface area contributed by atoms with Crippen molar-refractivity contribution in [3.05, 3.63) is 214 Å². The zero-order valence-corrected chi connectivity index (χ0v) is 88.2. The minimum atomic E-state index is -3.64. The maximum Gasteiger partial charge on any atom is 0.224 e. The van der Waals surface area contributed by atoms with Crippen molar-refractivity contribution in [2.75, 3.05) is 132 Å². The van der Waals surface area contributed by atoms with Crippen LogP contribution in [0.25, 0.3) is 0 Å². The van der Waals surface area contributed by atoms with Gasteiger partial charge in [0.05, 0.1) is 67.0 Å². The first kappa shape index (κ1) is 110. The maximum atomic E-state index is 13.8. The van der Waals surface area contributed by atoms with Gasteiger partial charge in [0.1, 0.15) is 0 Å². The number of hydrogen-bond acceptors (Lipinski definition) is 20. The third-order valence-corrected chi connectivity index (χ3v) is 37.6. The van der Waals surface area contributed by atoms with Crippen molar-refractivity contribution in [3.63, 3.8) is 0 Å². The third-order valence-electron chi connectivity index (χ3n) is 28.5. The van der Waals surface area contributed by atoms with Gasteiger partial charge in [-0.1, -0.05) is 187 Å². The van der Waals surface area contributed by atoms with Crippen molar-refractivity contribution in [2.24, 2.45) is 21.7 Å². The Labute approximate surface area is 818 Å². The summed E-state index contributed by atoms with van der Waals surface area (Å²) in [5, 5.41) is 55.5. The van der Waals surface area contributed by atoms with Gasteiger partial charge in [-0.25, -0.2) is 33.7 Å². The first-order valence-electron chi connectivity index (χ1n) is 48.0. The fraction of sp³-hybridized carbons (Fsp3) is 0.528. The topological polar surface area (TPSA) is 341 Å². The predicted octanol–water partition coefficient (Wildman–Crippen LogP) is 20.6. The van der Waals surface area contributed by atoms with Gasteiger partial charge in [-0.2, -0.15) is 0 Å². The summed E-state index contributed by atoms with van der Waals surface area (Å²) in [4.78, 5) is 34.0. The molecule has 12 atom stereocenters. The molecule has 134 heavy (non-hydrogen) atoms. The number of nitrogens with one attached hydrogen (secondary N) is 2. The summed E-state index contributed by atoms with van der Waals surface area (Å²) in [5.74, 6) is -2.35. The number of rotatable bonds is 34. The quantitative estimate of drug-likeness (QED) is 0.0105. The zero-order valence-electron chi connectivity index (χ0n) is 81.8. The number of alkyl halides is 2. The third kappa shape index (κ3) is 25.8. The van der Waals surface area contributed by atoms with Crippen LogP contribution < -0.4 is 41.7 Å². The number of benzene rings is 8. The molecule has 4 aliphatic rings. The van der Waals surface area contributed by atoms with E-state index in [9.17, 15) is 63.7 Å². The van der Waals surface area contributed by atoms with E-state index in [4.69, 9.17) is 11.5 Å². The Morgan fingerprint density at radius 1 is 0.336 bits per heavy atom. The zero-order chi connectivity index (χ0) is 98.6. The van der Waals surface area contributed by atoms with E-state index in [1.807, 2.05) is 249 Å². The highest BCUT2D eigenvalue weighted by atomic mass is 79.9. The molecule has 0 bridgehead atoms. The van der Waals surface area contributed by atoms with Gasteiger partial charge in [0.15, 0.2) is 39.3 Å². The number of sulfone groups is 4. The largest absolute Gasteiger partial charge is 0.399 e. The number of carbonyl (C=O) groups excluding carboxylic acids is 2. The van der Waals surface area contributed by atoms with Crippen molar-refractivity contribution in [1.29, 1.82) is 0 Å². The van der Waals surface area contributed by atoms with Crippen LogP contribution in [0.2, 0.25) is 0 Å². The molecule has 0 fully saturated rings. The second kappa shape index (κ2) is 48.1. The molecule has 0 unspecified atom stereocenters. The Hall–Kier alpha value is -7.90. The summed E-state index contributed by atoms with van der Waals surface area (Å²) in [7, 11) is 0.974. The molecule has 0 radical (unpaired) electrons. The van der Waals surface area contributed by atoms with Gasteiger partial charge >= 0.3 is 0 Å². The Morgan fingerprint density at radius 2 is 0.567 bits per heavy atom. The lowest BCUT2D eigenvalue weighted by atomic mass is 9.69. The molecule has 0 spiro atoms. The standard InChI is InChI=1S/2C29H41BrN2O4S.2C24H34N2O3S/c2*1-5-7-16-29(6-2)20-37(35,36)25-15-14-23(32(3)4)19-24(25)27(28(29)34)21-11-10-12-22(18-21)31-26(33)13-8-9-17-30;2*1-5-7-13-24(6-2)16-30(28,29)21-12-11-19(26(3)4)15-20(21)22(23(24)27)17-9-8-10-18(25)14-17/h2*10-12,14-15,18-19,27-28,34H,5-9,13,16-17,20H2,1-4H3,(H,31,33);2*8-12,14-15,22-23,27H,5-7,13,16,25H2,1-4H3/t2*27-,28-,29-;2*22-,23-,24-/m1010/s1. The number of nitrogens with two attached hydrogens (primary N) is 2. The molecule has 0 saturated heterocycles. The van der Waals surface area contributed by atoms with Crippen LogP contribution in [0.4, 0.5) is 45.5 Å². The van der Waals surface area contributed by atoms with Crippen LogP contribution in [0.3, 0.4) is 0 Å². The highest BCUT2D eigenvalue weighted by molar-refractivity contribution is 9.09. The molecule has 0 saturated carbocycles. The molecule has 4 heterocycles. The van der Waals surface area contributed by atoms with Crippen molar-refractivity contribution in [2.45, 2.75) is 264 Å². The average molecular weight is 2050 g/mol. The fourth-order valence-electron chi connectivity index (χ4n) is 20.3. The lowest BCUT2D eigenvalue weighted by molar-refractivity contribution is -0.117. The minimum absolute atomic E-state index is 0.0369. The minimum Gasteiger partial charge on any atom is -0.399 e. The van der Waals surface area contributed by atoms with E-state index in [2.05, 4.69) is 70.2 Å². The average Bonchev–Trinajstić information content (AvgIpc) is 1.61. The smallest absolute Gasteiger partial charge is 0.224 e. The first-order chi connectivity index (χ1) is 63.5. The van der Waals surface area contributed by atoms with Gasteiger partial charge < -0.3 is 62.1 Å². The maximum absolute atomic E-state index is 13.8. The molecule has 0 aliphatic carbocycles. The van der Waals surface area contributed by atoms with Crippen LogP contribution >= 0.6 is 31.9 Å². The van der Waals surface area contributed by atoms with Gasteiger partial charge in [0.25, 0.3) is 0 Å². The summed E-state index contributed by atoms with van der Waals surface area (Å²) in [6, 6.07) is 51.8. The summed E-state index contributed by atoms with van der Waals surface area (Å²) >= 11 is 6.79. The van der Waals surface area contributed by atoms with Crippen LogP contribution in [0.1, 0.15) is 265 Å². The molecule has 28 heteroatoms. The predicted molar refractivity (Wildman–Crippen MR) is 559 cm³/mol. The second-order valence-corrected chi connectivity index (χ2v) is 47.9. The lowest BCUT2D eigenvalue weighted by Gasteiger charge is -2.39. The fourth-order valence-corrected chi connectivity index (χ4v) is 30.1. The summed E-state index contributed by atoms with van der Waals surface area (Å²) < 4.78 is 109. The molecule has 12 rings (SSSR count). The van der Waals surface area contributed by atoms with E-state index in [1.54, 1.807) is 24.3 Å². The van der Waals surface area contributed by atoms with Crippen molar-refractivity contribution < 1.29 is 63.7 Å². The summed E-state index contributed by atoms with van der Waals surface area (Å²) in [6.45, 7) is 16.3. The number of halogens is 2. The van der Waals surface area contributed by atoms with Crippen LogP contribution in [-0.2, 0) is 48.9 Å². The molecular formula is C106H150Br2N8O14S4. The lowest BCUT2D eigenvalue weighted by Crippen LogP contribution is -2.42. The molecule has 8 aromatic rings. The number of hydrogen-bond donors (Lipinski definition) is 8. The van der Waals surface area contributed by atoms with Crippen LogP contribution in [0.5, 0.6) is 0 Å². The van der Waals surface area contributed by atoms with Gasteiger partial charge in [0.2, 0.25) is 11.8 Å². The van der Waals surface area contributed by atoms with Crippen molar-refractivity contribution in [3.8, 4) is 0 Å². The number of amides is 2. The molecule has 2 amide bonds. The van der Waals surface area contributed by atoms with E-state index in [0.717, 1.165) is 133 Å². The molecular weight excluding hydrogens is 1900 g/mol. The van der Waals surface area contributed by atoms with Gasteiger partial charge in [-0.05, 0) is 243 Å². The number of nitrogen functional groups attached to an aromatic ring is 2. The van der Waals surface area contributed by atoms with Crippen molar-refractivity contribution in [1.82, 2.24) is 0 Å². The molecule has 22 nitrogen and oxygen atoms in total. The molecule has 0 aromatic heterocycles. The SMILES string of the molecule is CCCC[C@@]1(CC)CS(=O)(=O)c2ccc(N(C)C)cc2[C@H](c2cccc(N)c2)[C@@H]1O.CCCC[C@@]1(CC)CS(=O)(=O)c2ccc(N(C)C)cc2[C@H](c2cccc(NC(=O)CCCCBr)c2)[C@@H]1O.CCCC[C@]1(CC)CS(=O)(=O)c2ccc(N(C)C)cc2[C@@H](c2cccc(N)c2)[C@H]1O.CCCC[C@]1(CC)CS(=O)(=O)c2ccc(N(C)C)cc2[C@@H](c2cccc(NC(=O)CCCCBr)c2)[C@H]1O. The van der Waals surface area contributed by atoms with E-state index in [0.29, 0.717) is 119 Å². The Morgan fingerprint density at radius 3 is 0.776 bits per heavy atom. The number of carbonyl (C=O) groups is 2. The Bertz CT molecular complexity index is 5420. The van der Waals surface area contributed by atoms with Crippen LogP contribution in [0.15, 0.2) is 189 Å². The summed E-state index contributed by atoms with van der Waals surface area (Å²) in [6.07, 6.45) is 13.0. The molecule has 736 valence electrons. The van der Waals surface area contributed by atoms with Crippen LogP contribution in [0, 0.1) is 21.7 Å². The number of aliphatic hydroxyl groups is 4. The van der Waals surface area contributed by atoms with Crippen LogP contribution in [-0.4, -0.2) is 180 Å². The van der Waals surface area contributed by atoms with E-state index < -0.39 is 109 Å². The highest BCUT2D eigenvalue weighted by Crippen LogP contribution is 2.55. The summed E-state index contributed by atoms with van der Waals surface area (Å²) in [5.41, 5.74) is 21.1. The highest BCUT2D eigenvalue weighted by Gasteiger charge is 2.54. The van der Waals surface area contributed by atoms with Crippen molar-refractivity contribution >= 4 is 129 Å². The molecule has 10 N–H and O–H groups in total. The van der Waals surface area contributed by atoms with Gasteiger partial charge in [-0.3, -0.25) is 9.59 Å². The van der Waals surface area contributed by atoms with E-state index in [1.165, 1.54) is 0 Å². The Balaban J connectivity index is 0.000000202. The van der Waals surface area contributed by atoms with E-state index >= 15 is 0 Å². The number of fused-ring (bicyclic) bond motifs is 4. The monoisotopic (exact) mass is 2040 g/mol. The Kier molecular flexibility index (Phi) is 39.4. The number of nitrogens with zero attached hydrogens (tertiary/aromatic N) is 4.